The number of nitrogens with zero attached hydrogens (tertiary/aromatic N) is 1. The van der Waals surface area contributed by atoms with Crippen LogP contribution in [0.25, 0.3) is 0 Å². The third-order valence-corrected chi connectivity index (χ3v) is 4.49. The zero-order valence-corrected chi connectivity index (χ0v) is 14.0. The lowest BCUT2D eigenvalue weighted by atomic mass is 9.99. The van der Waals surface area contributed by atoms with Crippen molar-refractivity contribution in [2.45, 2.75) is 43.4 Å². The van der Waals surface area contributed by atoms with Crippen LogP contribution >= 0.6 is 0 Å². The molecule has 1 aromatic rings. The molecule has 0 aromatic heterocycles. The number of hydrogen-bond acceptors (Lipinski definition) is 8. The van der Waals surface area contributed by atoms with Gasteiger partial charge in [-0.05, 0) is 5.56 Å². The molecule has 3 unspecified atom stereocenters. The Hall–Kier alpha value is -1.75. The van der Waals surface area contributed by atoms with Crippen molar-refractivity contribution >= 4 is 6.09 Å². The van der Waals surface area contributed by atoms with E-state index in [1.165, 1.54) is 4.90 Å². The van der Waals surface area contributed by atoms with Gasteiger partial charge < -0.3 is 39.5 Å². The van der Waals surface area contributed by atoms with Crippen LogP contribution in [-0.4, -0.2) is 87.9 Å². The molecule has 0 spiro atoms. The Kier molecular flexibility index (Phi) is 6.07. The standard InChI is InChI=1S/C17H23NO8/c19-8-12-13(20)14(21)15(22)16(26-12)25-11-6-18(7-11)17(23)24-9-10-4-2-1-3-5-10/h1-5,11-16,19-22H,6-9H2/t12?,13-,14?,15?,16+/m1/s1. The van der Waals surface area contributed by atoms with E-state index in [0.717, 1.165) is 5.56 Å². The summed E-state index contributed by atoms with van der Waals surface area (Å²) < 4.78 is 16.0. The first-order chi connectivity index (χ1) is 12.5. The molecule has 1 aromatic carbocycles. The molecule has 4 N–H and O–H groups in total. The van der Waals surface area contributed by atoms with E-state index in [-0.39, 0.29) is 19.7 Å². The summed E-state index contributed by atoms with van der Waals surface area (Å²) in [6.07, 6.45) is -7.46. The second-order valence-corrected chi connectivity index (χ2v) is 6.40. The third-order valence-electron chi connectivity index (χ3n) is 4.49. The molecule has 5 atom stereocenters. The molecular weight excluding hydrogens is 346 g/mol. The van der Waals surface area contributed by atoms with Crippen LogP contribution in [0.15, 0.2) is 30.3 Å². The number of carbonyl (C=O) groups is 1. The van der Waals surface area contributed by atoms with E-state index in [2.05, 4.69) is 0 Å². The van der Waals surface area contributed by atoms with Crippen LogP contribution in [0, 0.1) is 0 Å². The van der Waals surface area contributed by atoms with Crippen molar-refractivity contribution in [1.82, 2.24) is 4.90 Å². The van der Waals surface area contributed by atoms with Gasteiger partial charge in [0.1, 0.15) is 31.0 Å². The van der Waals surface area contributed by atoms with Crippen LogP contribution in [0.5, 0.6) is 0 Å². The zero-order valence-electron chi connectivity index (χ0n) is 14.0. The Balaban J connectivity index is 1.42. The molecule has 1 amide bonds. The van der Waals surface area contributed by atoms with Gasteiger partial charge in [0.15, 0.2) is 6.29 Å². The maximum Gasteiger partial charge on any atom is 0.410 e. The van der Waals surface area contributed by atoms with Crippen LogP contribution in [-0.2, 0) is 20.8 Å². The highest BCUT2D eigenvalue weighted by Gasteiger charge is 2.46. The monoisotopic (exact) mass is 369 g/mol. The largest absolute Gasteiger partial charge is 0.445 e. The molecule has 2 heterocycles. The van der Waals surface area contributed by atoms with Crippen molar-refractivity contribution in [3.63, 3.8) is 0 Å². The number of ether oxygens (including phenoxy) is 3. The topological polar surface area (TPSA) is 129 Å². The van der Waals surface area contributed by atoms with Gasteiger partial charge in [-0.3, -0.25) is 0 Å². The number of carbonyl (C=O) groups excluding carboxylic acids is 1. The van der Waals surface area contributed by atoms with Gasteiger partial charge >= 0.3 is 6.09 Å². The lowest BCUT2D eigenvalue weighted by molar-refractivity contribution is -0.318. The van der Waals surface area contributed by atoms with Crippen molar-refractivity contribution in [2.75, 3.05) is 19.7 Å². The van der Waals surface area contributed by atoms with Crippen molar-refractivity contribution in [2.24, 2.45) is 0 Å². The molecule has 0 radical (unpaired) electrons. The van der Waals surface area contributed by atoms with Crippen LogP contribution in [0.1, 0.15) is 5.56 Å². The zero-order chi connectivity index (χ0) is 18.7. The Morgan fingerprint density at radius 2 is 1.81 bits per heavy atom. The molecule has 2 saturated heterocycles. The molecule has 144 valence electrons. The maximum absolute atomic E-state index is 12.0. The Morgan fingerprint density at radius 3 is 2.46 bits per heavy atom. The molecule has 3 rings (SSSR count). The molecule has 0 aliphatic carbocycles. The fourth-order valence-electron chi connectivity index (χ4n) is 2.85. The minimum Gasteiger partial charge on any atom is -0.445 e. The van der Waals surface area contributed by atoms with Crippen molar-refractivity contribution < 1.29 is 39.4 Å². The smallest absolute Gasteiger partial charge is 0.410 e. The van der Waals surface area contributed by atoms with Gasteiger partial charge in [-0.2, -0.15) is 0 Å². The predicted molar refractivity (Wildman–Crippen MR) is 86.8 cm³/mol. The minimum absolute atomic E-state index is 0.175. The molecule has 26 heavy (non-hydrogen) atoms. The maximum atomic E-state index is 12.0. The fourth-order valence-corrected chi connectivity index (χ4v) is 2.85. The van der Waals surface area contributed by atoms with Gasteiger partial charge in [0.2, 0.25) is 0 Å². The number of likely N-dealkylation sites (tertiary alicyclic amines) is 1. The predicted octanol–water partition coefficient (Wildman–Crippen LogP) is -1.18. The lowest BCUT2D eigenvalue weighted by Crippen LogP contribution is -2.62. The number of aliphatic hydroxyl groups is 4. The molecule has 2 aliphatic rings. The summed E-state index contributed by atoms with van der Waals surface area (Å²) in [5.74, 6) is 0. The second-order valence-electron chi connectivity index (χ2n) is 6.40. The van der Waals surface area contributed by atoms with Gasteiger partial charge in [-0.25, -0.2) is 4.79 Å². The number of hydrogen-bond donors (Lipinski definition) is 4. The highest BCUT2D eigenvalue weighted by molar-refractivity contribution is 5.68. The van der Waals surface area contributed by atoms with E-state index >= 15 is 0 Å². The Morgan fingerprint density at radius 1 is 1.12 bits per heavy atom. The molecule has 2 fully saturated rings. The molecular formula is C17H23NO8. The van der Waals surface area contributed by atoms with Gasteiger partial charge in [0.25, 0.3) is 0 Å². The summed E-state index contributed by atoms with van der Waals surface area (Å²) in [6.45, 7) is 0.160. The van der Waals surface area contributed by atoms with E-state index in [0.29, 0.717) is 0 Å². The first-order valence-corrected chi connectivity index (χ1v) is 8.41. The normalized spacial score (nSPS) is 32.2. The van der Waals surface area contributed by atoms with E-state index in [4.69, 9.17) is 19.3 Å². The van der Waals surface area contributed by atoms with E-state index < -0.39 is 49.5 Å². The van der Waals surface area contributed by atoms with Crippen LogP contribution < -0.4 is 0 Å². The van der Waals surface area contributed by atoms with Crippen LogP contribution in [0.2, 0.25) is 0 Å². The number of amides is 1. The summed E-state index contributed by atoms with van der Waals surface area (Å²) >= 11 is 0. The Bertz CT molecular complexity index is 592. The number of rotatable bonds is 5. The summed E-state index contributed by atoms with van der Waals surface area (Å²) in [4.78, 5) is 13.4. The van der Waals surface area contributed by atoms with Crippen LogP contribution in [0.4, 0.5) is 4.79 Å². The van der Waals surface area contributed by atoms with E-state index in [1.54, 1.807) is 0 Å². The molecule has 0 bridgehead atoms. The minimum atomic E-state index is -1.49. The van der Waals surface area contributed by atoms with Crippen molar-refractivity contribution in [3.05, 3.63) is 35.9 Å². The number of aliphatic hydroxyl groups excluding tert-OH is 4. The average Bonchev–Trinajstić information content (AvgIpc) is 2.63. The SMILES string of the molecule is O=C(OCc1ccccc1)N1CC(O[C@H]2OC(CO)[C@@H](O)C(O)C2O)C1. The third kappa shape index (κ3) is 4.14. The summed E-state index contributed by atoms with van der Waals surface area (Å²) in [5.41, 5.74) is 0.885. The van der Waals surface area contributed by atoms with Crippen LogP contribution in [0.3, 0.4) is 0 Å². The first kappa shape index (κ1) is 19.0. The van der Waals surface area contributed by atoms with Crippen molar-refractivity contribution in [1.29, 1.82) is 0 Å². The summed E-state index contributed by atoms with van der Waals surface area (Å²) in [5, 5.41) is 38.5. The van der Waals surface area contributed by atoms with Gasteiger partial charge in [0, 0.05) is 0 Å². The molecule has 9 nitrogen and oxygen atoms in total. The Labute approximate surface area is 150 Å². The highest BCUT2D eigenvalue weighted by atomic mass is 16.7. The summed E-state index contributed by atoms with van der Waals surface area (Å²) in [6, 6.07) is 9.30. The van der Waals surface area contributed by atoms with Gasteiger partial charge in [0.05, 0.1) is 25.8 Å². The summed E-state index contributed by atoms with van der Waals surface area (Å²) in [7, 11) is 0. The molecule has 2 aliphatic heterocycles. The van der Waals surface area contributed by atoms with E-state index in [9.17, 15) is 20.1 Å². The average molecular weight is 369 g/mol. The second kappa shape index (κ2) is 8.30. The number of benzene rings is 1. The lowest BCUT2D eigenvalue weighted by Gasteiger charge is -2.44. The van der Waals surface area contributed by atoms with Crippen molar-refractivity contribution in [3.8, 4) is 0 Å². The highest BCUT2D eigenvalue weighted by Crippen LogP contribution is 2.25. The quantitative estimate of drug-likeness (QED) is 0.511. The molecule has 9 heteroatoms. The molecule has 0 saturated carbocycles. The van der Waals surface area contributed by atoms with Gasteiger partial charge in [-0.1, -0.05) is 30.3 Å². The van der Waals surface area contributed by atoms with E-state index in [1.807, 2.05) is 30.3 Å². The van der Waals surface area contributed by atoms with Gasteiger partial charge in [-0.15, -0.1) is 0 Å². The fraction of sp³-hybridized carbons (Fsp3) is 0.588. The first-order valence-electron chi connectivity index (χ1n) is 8.41.